The second kappa shape index (κ2) is 1450. The van der Waals surface area contributed by atoms with E-state index < -0.39 is 0 Å². The van der Waals surface area contributed by atoms with Crippen LogP contribution in [0, 0.1) is 0 Å². The summed E-state index contributed by atoms with van der Waals surface area (Å²) in [6.45, 7) is 0. The summed E-state index contributed by atoms with van der Waals surface area (Å²) in [6.07, 6.45) is 0. The van der Waals surface area contributed by atoms with Crippen LogP contribution in [0.4, 0.5) is 0 Å². The lowest BCUT2D eigenvalue weighted by molar-refractivity contribution is 1.26. The molecule has 0 bridgehead atoms. The lowest BCUT2D eigenvalue weighted by Crippen LogP contribution is -2.02. The lowest BCUT2D eigenvalue weighted by Gasteiger charge is -1.27. The normalized spacial score (nSPS) is 2.40. The van der Waals surface area contributed by atoms with Gasteiger partial charge in [0.25, 0.3) is 0 Å². The van der Waals surface area contributed by atoms with Gasteiger partial charge in [0, 0.05) is 0 Å². The summed E-state index contributed by atoms with van der Waals surface area (Å²) in [7, 11) is 1.50. The van der Waals surface area contributed by atoms with E-state index in [2.05, 4.69) is 17.4 Å². The highest BCUT2D eigenvalue weighted by Crippen LogP contribution is 0.690. The fourth-order valence-corrected chi connectivity index (χ4v) is 0. The number of nitrogens with two attached hydrogens (primary N) is 3. The average Bonchev–Trinajstić information content (AvgIpc) is 1.50. The summed E-state index contributed by atoms with van der Waals surface area (Å²) >= 11 is 0. The van der Waals surface area contributed by atoms with Crippen molar-refractivity contribution in [3.8, 4) is 0 Å². The second-order valence-corrected chi connectivity index (χ2v) is 0. The van der Waals surface area contributed by atoms with E-state index in [9.17, 15) is 0 Å². The van der Waals surface area contributed by atoms with Crippen LogP contribution in [0.3, 0.4) is 0 Å². The van der Waals surface area contributed by atoms with Gasteiger partial charge >= 0.3 is 0 Å². The van der Waals surface area contributed by atoms with Crippen molar-refractivity contribution >= 4 is 12.4 Å². The zero-order valence-corrected chi connectivity index (χ0v) is 3.96. The minimum atomic E-state index is 0. The maximum atomic E-state index is 4.50. The number of rotatable bonds is 0. The molecular weight excluding hydrogens is 89.5 g/mol. The summed E-state index contributed by atoms with van der Waals surface area (Å²) in [6, 6.07) is 0. The van der Waals surface area contributed by atoms with Crippen molar-refractivity contribution in [2.24, 2.45) is 17.4 Å². The van der Waals surface area contributed by atoms with Crippen LogP contribution in [-0.2, 0) is 0 Å². The summed E-state index contributed by atoms with van der Waals surface area (Å²) in [5.41, 5.74) is 4.50. The van der Waals surface area contributed by atoms with Gasteiger partial charge in [0.15, 0.2) is 0 Å². The molecule has 0 fully saturated rings. The molecule has 0 saturated carbocycles. The Labute approximate surface area is 37.9 Å². The Kier molecular flexibility index (Phi) is 5540. The summed E-state index contributed by atoms with van der Waals surface area (Å²) in [5, 5.41) is 0. The standard InChI is InChI=1S/CH5N.ClH.H4N2/c1-2;;1-2/h2H2,1H3;1H;1-2H2. The molecule has 0 unspecified atom stereocenters. The van der Waals surface area contributed by atoms with Crippen LogP contribution in [0.25, 0.3) is 0 Å². The van der Waals surface area contributed by atoms with Crippen LogP contribution < -0.4 is 17.4 Å². The van der Waals surface area contributed by atoms with Gasteiger partial charge in [-0.15, -0.1) is 12.4 Å². The van der Waals surface area contributed by atoms with E-state index in [1.54, 1.807) is 0 Å². The van der Waals surface area contributed by atoms with Crippen LogP contribution in [0.15, 0.2) is 0 Å². The molecule has 0 saturated heterocycles. The van der Waals surface area contributed by atoms with E-state index in [0.29, 0.717) is 0 Å². The molecule has 0 aliphatic heterocycles. The molecule has 0 radical (unpaired) electrons. The van der Waals surface area contributed by atoms with E-state index in [0.717, 1.165) is 0 Å². The van der Waals surface area contributed by atoms with E-state index >= 15 is 0 Å². The third-order valence-electron chi connectivity index (χ3n) is 0. The summed E-state index contributed by atoms with van der Waals surface area (Å²) < 4.78 is 0. The van der Waals surface area contributed by atoms with Crippen LogP contribution in [0.5, 0.6) is 0 Å². The van der Waals surface area contributed by atoms with Crippen molar-refractivity contribution < 1.29 is 0 Å². The molecule has 0 atom stereocenters. The molecular formula is CH10ClN3. The average molecular weight is 99.6 g/mol. The van der Waals surface area contributed by atoms with Gasteiger partial charge in [-0.05, 0) is 7.05 Å². The van der Waals surface area contributed by atoms with Gasteiger partial charge in [0.1, 0.15) is 0 Å². The van der Waals surface area contributed by atoms with Crippen molar-refractivity contribution in [3.63, 3.8) is 0 Å². The Morgan fingerprint density at radius 2 is 1.00 bits per heavy atom. The van der Waals surface area contributed by atoms with E-state index in [1.807, 2.05) is 0 Å². The van der Waals surface area contributed by atoms with E-state index in [1.165, 1.54) is 7.05 Å². The minimum absolute atomic E-state index is 0. The van der Waals surface area contributed by atoms with Crippen LogP contribution in [0.2, 0.25) is 0 Å². The van der Waals surface area contributed by atoms with Crippen molar-refractivity contribution in [2.75, 3.05) is 7.05 Å². The van der Waals surface area contributed by atoms with Crippen molar-refractivity contribution in [3.05, 3.63) is 0 Å². The monoisotopic (exact) mass is 99.1 g/mol. The van der Waals surface area contributed by atoms with Gasteiger partial charge in [-0.25, -0.2) is 0 Å². The fourth-order valence-electron chi connectivity index (χ4n) is 0. The zero-order chi connectivity index (χ0) is 4.00. The number of halogens is 1. The first kappa shape index (κ1) is 19.1. The zero-order valence-electron chi connectivity index (χ0n) is 3.14. The molecule has 4 heteroatoms. The molecule has 5 heavy (non-hydrogen) atoms. The molecule has 0 rings (SSSR count). The van der Waals surface area contributed by atoms with Crippen molar-refractivity contribution in [2.45, 2.75) is 0 Å². The van der Waals surface area contributed by atoms with Gasteiger partial charge in [-0.3, -0.25) is 11.7 Å². The maximum absolute atomic E-state index is 4.50. The molecule has 0 aromatic rings. The Bertz CT molecular complexity index is 6.85. The molecule has 0 spiro atoms. The highest BCUT2D eigenvalue weighted by Gasteiger charge is 0.836. The largest absolute Gasteiger partial charge is 0.333 e. The lowest BCUT2D eigenvalue weighted by atomic mass is 11.6. The molecule has 0 heterocycles. The molecule has 0 amide bonds. The second-order valence-electron chi connectivity index (χ2n) is 0. The van der Waals surface area contributed by atoms with Crippen LogP contribution >= 0.6 is 12.4 Å². The topological polar surface area (TPSA) is 78.1 Å². The minimum Gasteiger partial charge on any atom is -0.333 e. The van der Waals surface area contributed by atoms with Crippen LogP contribution in [0.1, 0.15) is 0 Å². The molecule has 0 aliphatic rings. The third kappa shape index (κ3) is 679. The molecule has 0 aromatic heterocycles. The molecule has 0 aliphatic carbocycles. The quantitative estimate of drug-likeness (QED) is 0.264. The van der Waals surface area contributed by atoms with Gasteiger partial charge in [-0.1, -0.05) is 0 Å². The number of hydrogen-bond acceptors (Lipinski definition) is 3. The Hall–Kier alpha value is 0.170. The Morgan fingerprint density at radius 1 is 1.00 bits per heavy atom. The van der Waals surface area contributed by atoms with Gasteiger partial charge in [0.2, 0.25) is 0 Å². The van der Waals surface area contributed by atoms with Crippen molar-refractivity contribution in [1.82, 2.24) is 0 Å². The summed E-state index contributed by atoms with van der Waals surface area (Å²) in [4.78, 5) is 0. The maximum Gasteiger partial charge on any atom is -0.0195 e. The molecule has 0 aromatic carbocycles. The summed E-state index contributed by atoms with van der Waals surface area (Å²) in [5.74, 6) is 8.00. The van der Waals surface area contributed by atoms with E-state index in [-0.39, 0.29) is 12.4 Å². The fraction of sp³-hybridized carbons (Fsp3) is 1.00. The predicted octanol–water partition coefficient (Wildman–Crippen LogP) is -1.18. The van der Waals surface area contributed by atoms with Gasteiger partial charge < -0.3 is 5.73 Å². The van der Waals surface area contributed by atoms with Crippen LogP contribution in [-0.4, -0.2) is 7.05 Å². The highest BCUT2D eigenvalue weighted by atomic mass is 35.5. The highest BCUT2D eigenvalue weighted by molar-refractivity contribution is 5.85. The number of hydrazine groups is 1. The van der Waals surface area contributed by atoms with E-state index in [4.69, 9.17) is 0 Å². The number of hydrogen-bond donors (Lipinski definition) is 3. The first-order valence-electron chi connectivity index (χ1n) is 0.911. The molecule has 36 valence electrons. The predicted molar refractivity (Wildman–Crippen MR) is 25.7 cm³/mol. The Balaban J connectivity index is -0.0000000133. The third-order valence-corrected chi connectivity index (χ3v) is 0. The van der Waals surface area contributed by atoms with Gasteiger partial charge in [-0.2, -0.15) is 0 Å². The smallest absolute Gasteiger partial charge is 0.0195 e. The SMILES string of the molecule is CN.Cl.NN. The first-order valence-corrected chi connectivity index (χ1v) is 0.911. The Morgan fingerprint density at radius 3 is 1.00 bits per heavy atom. The molecule has 3 nitrogen and oxygen atoms in total. The molecule has 6 N–H and O–H groups in total. The van der Waals surface area contributed by atoms with Crippen molar-refractivity contribution in [1.29, 1.82) is 0 Å². The first-order chi connectivity index (χ1) is 2.00. The van der Waals surface area contributed by atoms with Gasteiger partial charge in [0.05, 0.1) is 0 Å².